The minimum atomic E-state index is -1.07. The summed E-state index contributed by atoms with van der Waals surface area (Å²) in [5.41, 5.74) is 2.23. The molecule has 5 nitrogen and oxygen atoms in total. The van der Waals surface area contributed by atoms with Gasteiger partial charge in [-0.25, -0.2) is 9.78 Å². The van der Waals surface area contributed by atoms with Crippen LogP contribution >= 0.6 is 11.6 Å². The van der Waals surface area contributed by atoms with Gasteiger partial charge in [-0.15, -0.1) is 0 Å². The Morgan fingerprint density at radius 3 is 2.71 bits per heavy atom. The lowest BCUT2D eigenvalue weighted by Gasteiger charge is -2.13. The number of halogens is 1. The number of nitriles is 1. The molecule has 1 heterocycles. The van der Waals surface area contributed by atoms with Crippen LogP contribution in [0.4, 0.5) is 11.5 Å². The van der Waals surface area contributed by atoms with Crippen LogP contribution in [0.5, 0.6) is 0 Å². The Kier molecular flexibility index (Phi) is 4.10. The average Bonchev–Trinajstić information content (AvgIpc) is 2.40. The molecule has 0 aliphatic rings. The summed E-state index contributed by atoms with van der Waals surface area (Å²) < 4.78 is 0. The van der Waals surface area contributed by atoms with Crippen molar-refractivity contribution in [2.75, 3.05) is 5.32 Å². The van der Waals surface area contributed by atoms with Gasteiger partial charge >= 0.3 is 5.97 Å². The van der Waals surface area contributed by atoms with Gasteiger partial charge in [-0.05, 0) is 43.7 Å². The fourth-order valence-electron chi connectivity index (χ4n) is 2.02. The van der Waals surface area contributed by atoms with E-state index in [0.29, 0.717) is 27.5 Å². The number of aromatic nitrogens is 1. The number of carbonyl (C=O) groups is 1. The van der Waals surface area contributed by atoms with Crippen molar-refractivity contribution in [3.05, 3.63) is 51.7 Å². The summed E-state index contributed by atoms with van der Waals surface area (Å²) in [6.07, 6.45) is 0. The highest BCUT2D eigenvalue weighted by Crippen LogP contribution is 2.28. The Hall–Kier alpha value is -2.58. The number of nitrogens with one attached hydrogen (secondary N) is 1. The van der Waals surface area contributed by atoms with E-state index in [-0.39, 0.29) is 11.4 Å². The van der Waals surface area contributed by atoms with Gasteiger partial charge in [0.1, 0.15) is 11.4 Å². The van der Waals surface area contributed by atoms with Crippen LogP contribution in [0.15, 0.2) is 24.3 Å². The van der Waals surface area contributed by atoms with Gasteiger partial charge in [0.05, 0.1) is 22.3 Å². The first-order valence-electron chi connectivity index (χ1n) is 6.10. The van der Waals surface area contributed by atoms with Crippen molar-refractivity contribution in [2.45, 2.75) is 13.8 Å². The van der Waals surface area contributed by atoms with E-state index in [1.165, 1.54) is 0 Å². The van der Waals surface area contributed by atoms with Crippen LogP contribution in [0.25, 0.3) is 0 Å². The second-order valence-corrected chi connectivity index (χ2v) is 4.95. The van der Waals surface area contributed by atoms with E-state index >= 15 is 0 Å². The van der Waals surface area contributed by atoms with E-state index in [9.17, 15) is 9.90 Å². The predicted octanol–water partition coefficient (Wildman–Crippen LogP) is 3.67. The maximum atomic E-state index is 11.4. The van der Waals surface area contributed by atoms with Crippen LogP contribution in [0.3, 0.4) is 0 Å². The van der Waals surface area contributed by atoms with Crippen molar-refractivity contribution in [1.82, 2.24) is 4.98 Å². The molecule has 0 unspecified atom stereocenters. The molecule has 2 rings (SSSR count). The van der Waals surface area contributed by atoms with E-state index in [0.717, 1.165) is 0 Å². The highest BCUT2D eigenvalue weighted by atomic mass is 35.5. The number of hydrogen-bond acceptors (Lipinski definition) is 4. The van der Waals surface area contributed by atoms with Crippen molar-refractivity contribution >= 4 is 29.1 Å². The Labute approximate surface area is 126 Å². The quantitative estimate of drug-likeness (QED) is 0.903. The molecule has 0 radical (unpaired) electrons. The van der Waals surface area contributed by atoms with Crippen molar-refractivity contribution in [2.24, 2.45) is 0 Å². The molecular formula is C15H12ClN3O2. The lowest BCUT2D eigenvalue weighted by Crippen LogP contribution is -2.08. The summed E-state index contributed by atoms with van der Waals surface area (Å²) in [7, 11) is 0. The standard InChI is InChI=1S/C15H12ClN3O2/c1-8-5-9(2)18-14(13(8)15(20)21)19-12-6-10(7-17)3-4-11(12)16/h3-6H,1-2H3,(H,18,19)(H,20,21). The van der Waals surface area contributed by atoms with Gasteiger partial charge in [-0.2, -0.15) is 5.26 Å². The monoisotopic (exact) mass is 301 g/mol. The number of rotatable bonds is 3. The van der Waals surface area contributed by atoms with Crippen LogP contribution in [-0.4, -0.2) is 16.1 Å². The highest BCUT2D eigenvalue weighted by Gasteiger charge is 2.16. The molecule has 6 heteroatoms. The molecule has 2 N–H and O–H groups in total. The zero-order valence-corrected chi connectivity index (χ0v) is 12.2. The zero-order chi connectivity index (χ0) is 15.6. The highest BCUT2D eigenvalue weighted by molar-refractivity contribution is 6.33. The van der Waals surface area contributed by atoms with Crippen LogP contribution in [0.1, 0.15) is 27.2 Å². The van der Waals surface area contributed by atoms with E-state index < -0.39 is 5.97 Å². The number of aromatic carboxylic acids is 1. The van der Waals surface area contributed by atoms with Crippen molar-refractivity contribution < 1.29 is 9.90 Å². The van der Waals surface area contributed by atoms with E-state index in [1.807, 2.05) is 6.07 Å². The molecule has 0 aliphatic carbocycles. The topological polar surface area (TPSA) is 86.0 Å². The molecule has 1 aromatic carbocycles. The molecule has 0 amide bonds. The maximum Gasteiger partial charge on any atom is 0.339 e. The first kappa shape index (κ1) is 14.8. The summed E-state index contributed by atoms with van der Waals surface area (Å²) in [6, 6.07) is 8.41. The Morgan fingerprint density at radius 2 is 2.10 bits per heavy atom. The summed E-state index contributed by atoms with van der Waals surface area (Å²) >= 11 is 6.07. The number of nitrogens with zero attached hydrogens (tertiary/aromatic N) is 2. The molecule has 21 heavy (non-hydrogen) atoms. The fraction of sp³-hybridized carbons (Fsp3) is 0.133. The number of anilines is 2. The third kappa shape index (κ3) is 3.12. The predicted molar refractivity (Wildman–Crippen MR) is 80.1 cm³/mol. The van der Waals surface area contributed by atoms with Gasteiger partial charge in [0.2, 0.25) is 0 Å². The summed E-state index contributed by atoms with van der Waals surface area (Å²) in [5, 5.41) is 21.5. The first-order valence-corrected chi connectivity index (χ1v) is 6.48. The number of carboxylic acids is 1. The number of pyridine rings is 1. The molecule has 0 saturated heterocycles. The van der Waals surface area contributed by atoms with Gasteiger partial charge in [-0.3, -0.25) is 0 Å². The maximum absolute atomic E-state index is 11.4. The number of benzene rings is 1. The zero-order valence-electron chi connectivity index (χ0n) is 11.4. The second-order valence-electron chi connectivity index (χ2n) is 4.54. The lowest BCUT2D eigenvalue weighted by molar-refractivity contribution is 0.0697. The normalized spacial score (nSPS) is 10.0. The first-order chi connectivity index (χ1) is 9.92. The van der Waals surface area contributed by atoms with Gasteiger partial charge in [0, 0.05) is 5.69 Å². The smallest absolute Gasteiger partial charge is 0.339 e. The fourth-order valence-corrected chi connectivity index (χ4v) is 2.18. The molecule has 0 bridgehead atoms. The van der Waals surface area contributed by atoms with Crippen molar-refractivity contribution in [1.29, 1.82) is 5.26 Å². The molecule has 1 aromatic heterocycles. The van der Waals surface area contributed by atoms with Crippen LogP contribution in [0, 0.1) is 25.2 Å². The summed E-state index contributed by atoms with van der Waals surface area (Å²) in [5.74, 6) is -0.868. The number of hydrogen-bond donors (Lipinski definition) is 2. The molecular weight excluding hydrogens is 290 g/mol. The number of aryl methyl sites for hydroxylation is 2. The molecule has 0 atom stereocenters. The molecule has 0 aliphatic heterocycles. The molecule has 0 saturated carbocycles. The largest absolute Gasteiger partial charge is 0.478 e. The Bertz CT molecular complexity index is 766. The van der Waals surface area contributed by atoms with Crippen molar-refractivity contribution in [3.63, 3.8) is 0 Å². The third-order valence-corrected chi connectivity index (χ3v) is 3.24. The minimum Gasteiger partial charge on any atom is -0.478 e. The van der Waals surface area contributed by atoms with Gasteiger partial charge in [0.25, 0.3) is 0 Å². The van der Waals surface area contributed by atoms with Crippen LogP contribution < -0.4 is 5.32 Å². The summed E-state index contributed by atoms with van der Waals surface area (Å²) in [4.78, 5) is 15.6. The van der Waals surface area contributed by atoms with Gasteiger partial charge < -0.3 is 10.4 Å². The Morgan fingerprint density at radius 1 is 1.38 bits per heavy atom. The average molecular weight is 302 g/mol. The molecule has 2 aromatic rings. The van der Waals surface area contributed by atoms with E-state index in [1.54, 1.807) is 38.1 Å². The summed E-state index contributed by atoms with van der Waals surface area (Å²) in [6.45, 7) is 3.48. The SMILES string of the molecule is Cc1cc(C)c(C(=O)O)c(Nc2cc(C#N)ccc2Cl)n1. The van der Waals surface area contributed by atoms with E-state index in [4.69, 9.17) is 16.9 Å². The number of carboxylic acid groups (broad SMARTS) is 1. The van der Waals surface area contributed by atoms with Gasteiger partial charge in [-0.1, -0.05) is 11.6 Å². The van der Waals surface area contributed by atoms with Crippen molar-refractivity contribution in [3.8, 4) is 6.07 Å². The Balaban J connectivity index is 2.54. The van der Waals surface area contributed by atoms with E-state index in [2.05, 4.69) is 10.3 Å². The third-order valence-electron chi connectivity index (χ3n) is 2.91. The van der Waals surface area contributed by atoms with Crippen LogP contribution in [0.2, 0.25) is 5.02 Å². The minimum absolute atomic E-state index is 0.0824. The molecule has 0 spiro atoms. The molecule has 106 valence electrons. The second kappa shape index (κ2) is 5.81. The van der Waals surface area contributed by atoms with Gasteiger partial charge in [0.15, 0.2) is 0 Å². The van der Waals surface area contributed by atoms with Crippen LogP contribution in [-0.2, 0) is 0 Å². The lowest BCUT2D eigenvalue weighted by atomic mass is 10.1. The molecule has 0 fully saturated rings.